The van der Waals surface area contributed by atoms with Gasteiger partial charge in [0.25, 0.3) is 0 Å². The van der Waals surface area contributed by atoms with Crippen molar-refractivity contribution in [2.24, 2.45) is 5.73 Å². The molecule has 0 saturated heterocycles. The molecule has 0 bridgehead atoms. The number of amides is 1. The van der Waals surface area contributed by atoms with Gasteiger partial charge in [-0.25, -0.2) is 0 Å². The predicted octanol–water partition coefficient (Wildman–Crippen LogP) is 2.85. The molecule has 12 heavy (non-hydrogen) atoms. The van der Waals surface area contributed by atoms with Crippen LogP contribution in [0, 0.1) is 0 Å². The highest BCUT2D eigenvalue weighted by Crippen LogP contribution is 2.32. The van der Waals surface area contributed by atoms with Gasteiger partial charge in [0.05, 0.1) is 22.8 Å². The zero-order valence-electron chi connectivity index (χ0n) is 7.62. The van der Waals surface area contributed by atoms with Crippen LogP contribution in [0.2, 0.25) is 10.0 Å². The van der Waals surface area contributed by atoms with Crippen LogP contribution in [-0.2, 0) is 0 Å². The fourth-order valence-electron chi connectivity index (χ4n) is 0.603. The van der Waals surface area contributed by atoms with Crippen LogP contribution in [0.15, 0.2) is 16.6 Å². The van der Waals surface area contributed by atoms with Gasteiger partial charge in [0, 0.05) is 0 Å². The van der Waals surface area contributed by atoms with E-state index in [0.717, 1.165) is 0 Å². The summed E-state index contributed by atoms with van der Waals surface area (Å²) in [7, 11) is 0. The maximum absolute atomic E-state index is 10.9. The lowest BCUT2D eigenvalue weighted by molar-refractivity contribution is 0.0999. The summed E-state index contributed by atoms with van der Waals surface area (Å²) in [5, 5.41) is -0.0602. The lowest BCUT2D eigenvalue weighted by atomic mass is 10.2. The van der Waals surface area contributed by atoms with Gasteiger partial charge in [0.2, 0.25) is 5.91 Å². The first-order valence-corrected chi connectivity index (χ1v) is 4.36. The highest BCUT2D eigenvalue weighted by molar-refractivity contribution is 9.10. The Morgan fingerprint density at radius 2 is 2.17 bits per heavy atom. The molecule has 0 aromatic heterocycles. The molecule has 0 fully saturated rings. The van der Waals surface area contributed by atoms with Crippen molar-refractivity contribution in [1.29, 1.82) is 0 Å². The van der Waals surface area contributed by atoms with E-state index in [0.29, 0.717) is 0 Å². The number of carbonyl (C=O) groups excluding carboxylic acids is 1. The quantitative estimate of drug-likeness (QED) is 0.784. The standard InChI is InChI=1S/C7H4BrCl2NO/c8-5-3(7(11)12)1-2-4(9)6(5)10/h1-2H,(H2,11,12)/i1D,2D. The first kappa shape index (κ1) is 7.18. The van der Waals surface area contributed by atoms with Crippen LogP contribution in [0.25, 0.3) is 0 Å². The fourth-order valence-corrected chi connectivity index (χ4v) is 1.49. The average molecular weight is 271 g/mol. The Bertz CT molecular complexity index is 396. The summed E-state index contributed by atoms with van der Waals surface area (Å²) in [6, 6.07) is -0.646. The van der Waals surface area contributed by atoms with Crippen molar-refractivity contribution in [3.63, 3.8) is 0 Å². The maximum atomic E-state index is 10.9. The second-order valence-corrected chi connectivity index (χ2v) is 3.48. The van der Waals surface area contributed by atoms with Gasteiger partial charge < -0.3 is 5.73 Å². The van der Waals surface area contributed by atoms with Crippen molar-refractivity contribution in [3.8, 4) is 0 Å². The van der Waals surface area contributed by atoms with Gasteiger partial charge in [-0.3, -0.25) is 4.79 Å². The zero-order valence-corrected chi connectivity index (χ0v) is 8.72. The van der Waals surface area contributed by atoms with Gasteiger partial charge in [-0.2, -0.15) is 0 Å². The van der Waals surface area contributed by atoms with E-state index in [1.54, 1.807) is 0 Å². The van der Waals surface area contributed by atoms with Crippen molar-refractivity contribution < 1.29 is 7.54 Å². The molecule has 0 radical (unpaired) electrons. The van der Waals surface area contributed by atoms with Crippen LogP contribution in [0.1, 0.15) is 13.1 Å². The Labute approximate surface area is 90.6 Å². The van der Waals surface area contributed by atoms with Crippen LogP contribution in [0.5, 0.6) is 0 Å². The Morgan fingerprint density at radius 3 is 2.67 bits per heavy atom. The third kappa shape index (κ3) is 1.73. The van der Waals surface area contributed by atoms with E-state index in [1.807, 2.05) is 0 Å². The molecule has 0 aliphatic heterocycles. The minimum Gasteiger partial charge on any atom is -0.366 e. The highest BCUT2D eigenvalue weighted by Gasteiger charge is 2.11. The number of hydrogen-bond acceptors (Lipinski definition) is 1. The van der Waals surface area contributed by atoms with E-state index in [9.17, 15) is 4.79 Å². The van der Waals surface area contributed by atoms with Crippen molar-refractivity contribution in [2.45, 2.75) is 0 Å². The summed E-state index contributed by atoms with van der Waals surface area (Å²) in [6.07, 6.45) is 0. The van der Waals surface area contributed by atoms with Crippen LogP contribution in [0.3, 0.4) is 0 Å². The normalized spacial score (nSPS) is 12.2. The number of rotatable bonds is 1. The molecule has 0 aliphatic rings. The smallest absolute Gasteiger partial charge is 0.249 e. The molecule has 0 unspecified atom stereocenters. The Morgan fingerprint density at radius 1 is 1.58 bits per heavy atom. The van der Waals surface area contributed by atoms with Crippen molar-refractivity contribution in [3.05, 3.63) is 32.2 Å². The molecule has 1 aromatic rings. The van der Waals surface area contributed by atoms with Crippen LogP contribution >= 0.6 is 39.1 Å². The molecular weight excluding hydrogens is 265 g/mol. The Balaban J connectivity index is 3.68. The maximum Gasteiger partial charge on any atom is 0.249 e. The van der Waals surface area contributed by atoms with E-state index in [1.165, 1.54) is 0 Å². The predicted molar refractivity (Wildman–Crippen MR) is 52.7 cm³/mol. The van der Waals surface area contributed by atoms with Crippen LogP contribution in [-0.4, -0.2) is 5.91 Å². The number of hydrogen-bond donors (Lipinski definition) is 1. The Kier molecular flexibility index (Phi) is 2.18. The monoisotopic (exact) mass is 269 g/mol. The van der Waals surface area contributed by atoms with Gasteiger partial charge in [0.15, 0.2) is 0 Å². The molecule has 64 valence electrons. The van der Waals surface area contributed by atoms with Crippen LogP contribution in [0.4, 0.5) is 0 Å². The summed E-state index contributed by atoms with van der Waals surface area (Å²) in [5.74, 6) is -0.825. The van der Waals surface area contributed by atoms with Crippen LogP contribution < -0.4 is 5.73 Å². The minimum absolute atomic E-state index is 0.0152. The lowest BCUT2D eigenvalue weighted by Crippen LogP contribution is -2.11. The second-order valence-electron chi connectivity index (χ2n) is 1.93. The number of benzene rings is 1. The van der Waals surface area contributed by atoms with Crippen molar-refractivity contribution in [2.75, 3.05) is 0 Å². The van der Waals surface area contributed by atoms with Crippen molar-refractivity contribution >= 4 is 45.0 Å². The lowest BCUT2D eigenvalue weighted by Gasteiger charge is -2.02. The van der Waals surface area contributed by atoms with E-state index < -0.39 is 5.91 Å². The highest BCUT2D eigenvalue weighted by atomic mass is 79.9. The fraction of sp³-hybridized carbons (Fsp3) is 0. The van der Waals surface area contributed by atoms with E-state index in [2.05, 4.69) is 15.9 Å². The average Bonchev–Trinajstić information content (AvgIpc) is 2.11. The summed E-state index contributed by atoms with van der Waals surface area (Å²) in [5.41, 5.74) is 4.89. The number of carbonyl (C=O) groups is 1. The molecule has 2 nitrogen and oxygen atoms in total. The van der Waals surface area contributed by atoms with E-state index >= 15 is 0 Å². The zero-order chi connectivity index (χ0) is 11.0. The summed E-state index contributed by atoms with van der Waals surface area (Å²) in [4.78, 5) is 10.9. The molecule has 2 N–H and O–H groups in total. The van der Waals surface area contributed by atoms with Gasteiger partial charge in [-0.1, -0.05) is 23.2 Å². The first-order chi connectivity index (χ1) is 6.37. The molecule has 0 aliphatic carbocycles. The summed E-state index contributed by atoms with van der Waals surface area (Å²) >= 11 is 14.4. The molecule has 0 saturated carbocycles. The van der Waals surface area contributed by atoms with E-state index in [4.69, 9.17) is 31.7 Å². The third-order valence-electron chi connectivity index (χ3n) is 1.15. The number of halogens is 3. The topological polar surface area (TPSA) is 43.1 Å². The summed E-state index contributed by atoms with van der Waals surface area (Å²) in [6.45, 7) is 0. The largest absolute Gasteiger partial charge is 0.366 e. The first-order valence-electron chi connectivity index (χ1n) is 3.81. The minimum atomic E-state index is -0.825. The molecule has 0 spiro atoms. The second kappa shape index (κ2) is 3.64. The van der Waals surface area contributed by atoms with Gasteiger partial charge in [-0.05, 0) is 28.0 Å². The molecular formula is C7H4BrCl2NO. The SMILES string of the molecule is [2H]c1c([2H])c(C(N)=O)c(Br)c(Cl)c1Cl. The summed E-state index contributed by atoms with van der Waals surface area (Å²) < 4.78 is 15.0. The van der Waals surface area contributed by atoms with Crippen molar-refractivity contribution in [1.82, 2.24) is 0 Å². The molecule has 5 heteroatoms. The molecule has 1 rings (SSSR count). The molecule has 0 atom stereocenters. The number of primary amides is 1. The van der Waals surface area contributed by atoms with E-state index in [-0.39, 0.29) is 32.2 Å². The Hall–Kier alpha value is -0.250. The van der Waals surface area contributed by atoms with Gasteiger partial charge in [0.1, 0.15) is 0 Å². The molecule has 1 amide bonds. The van der Waals surface area contributed by atoms with Gasteiger partial charge in [-0.15, -0.1) is 0 Å². The third-order valence-corrected chi connectivity index (χ3v) is 2.93. The molecule has 0 heterocycles. The van der Waals surface area contributed by atoms with Gasteiger partial charge >= 0.3 is 0 Å². The molecule has 1 aromatic carbocycles. The number of nitrogens with two attached hydrogens (primary N) is 1.